The molecule has 0 heterocycles. The number of ether oxygens (including phenoxy) is 1. The van der Waals surface area contributed by atoms with Crippen LogP contribution < -0.4 is 10.5 Å². The van der Waals surface area contributed by atoms with Crippen molar-refractivity contribution >= 4 is 18.3 Å². The summed E-state index contributed by atoms with van der Waals surface area (Å²) in [4.78, 5) is 13.8. The zero-order valence-electron chi connectivity index (χ0n) is 12.1. The number of rotatable bonds is 5. The first-order chi connectivity index (χ1) is 9.01. The molecule has 1 aromatic carbocycles. The second-order valence-corrected chi connectivity index (χ2v) is 5.40. The molecule has 2 rings (SSSR count). The van der Waals surface area contributed by atoms with Gasteiger partial charge < -0.3 is 15.4 Å². The molecule has 1 amide bonds. The average molecular weight is 299 g/mol. The highest BCUT2D eigenvalue weighted by atomic mass is 35.5. The van der Waals surface area contributed by atoms with E-state index in [4.69, 9.17) is 10.5 Å². The highest BCUT2D eigenvalue weighted by Crippen LogP contribution is 2.30. The van der Waals surface area contributed by atoms with Crippen molar-refractivity contribution in [1.29, 1.82) is 0 Å². The Balaban J connectivity index is 0.00000200. The van der Waals surface area contributed by atoms with Crippen molar-refractivity contribution in [2.45, 2.75) is 31.7 Å². The summed E-state index contributed by atoms with van der Waals surface area (Å²) in [6.07, 6.45) is 2.65. The van der Waals surface area contributed by atoms with Gasteiger partial charge in [0.1, 0.15) is 12.4 Å². The van der Waals surface area contributed by atoms with E-state index in [-0.39, 0.29) is 18.3 Å². The summed E-state index contributed by atoms with van der Waals surface area (Å²) in [7, 11) is 1.79. The molecule has 0 radical (unpaired) electrons. The normalized spacial score (nSPS) is 15.8. The van der Waals surface area contributed by atoms with Crippen LogP contribution in [0.3, 0.4) is 0 Å². The van der Waals surface area contributed by atoms with E-state index in [1.54, 1.807) is 11.9 Å². The third kappa shape index (κ3) is 3.87. The molecule has 2 N–H and O–H groups in total. The third-order valence-electron chi connectivity index (χ3n) is 3.70. The second kappa shape index (κ2) is 6.95. The van der Waals surface area contributed by atoms with Gasteiger partial charge in [-0.2, -0.15) is 0 Å². The number of amides is 1. The fourth-order valence-electron chi connectivity index (χ4n) is 2.26. The SMILES string of the molecule is Cc1cccc(OCCN(C)C(=O)C2(N)CCC2)c1.Cl. The number of likely N-dealkylation sites (N-methyl/N-ethyl adjacent to an activating group) is 1. The Labute approximate surface area is 126 Å². The summed E-state index contributed by atoms with van der Waals surface area (Å²) in [6.45, 7) is 3.07. The lowest BCUT2D eigenvalue weighted by molar-refractivity contribution is -0.139. The molecule has 0 aromatic heterocycles. The fourth-order valence-corrected chi connectivity index (χ4v) is 2.26. The van der Waals surface area contributed by atoms with Crippen LogP contribution in [0.5, 0.6) is 5.75 Å². The van der Waals surface area contributed by atoms with Gasteiger partial charge in [-0.05, 0) is 43.9 Å². The number of carbonyl (C=O) groups excluding carboxylic acids is 1. The van der Waals surface area contributed by atoms with Gasteiger partial charge in [-0.25, -0.2) is 0 Å². The van der Waals surface area contributed by atoms with E-state index >= 15 is 0 Å². The third-order valence-corrected chi connectivity index (χ3v) is 3.70. The molecule has 0 aliphatic heterocycles. The molecule has 1 aromatic rings. The Kier molecular flexibility index (Phi) is 5.84. The first-order valence-corrected chi connectivity index (χ1v) is 6.75. The van der Waals surface area contributed by atoms with Crippen molar-refractivity contribution in [3.8, 4) is 5.75 Å². The van der Waals surface area contributed by atoms with Crippen LogP contribution in [-0.4, -0.2) is 36.5 Å². The van der Waals surface area contributed by atoms with Gasteiger partial charge in [0.2, 0.25) is 5.91 Å². The maximum Gasteiger partial charge on any atom is 0.242 e. The smallest absolute Gasteiger partial charge is 0.242 e. The average Bonchev–Trinajstić information content (AvgIpc) is 2.35. The van der Waals surface area contributed by atoms with E-state index in [0.29, 0.717) is 13.2 Å². The molecule has 0 atom stereocenters. The lowest BCUT2D eigenvalue weighted by Crippen LogP contribution is -2.59. The van der Waals surface area contributed by atoms with Crippen LogP contribution in [0.2, 0.25) is 0 Å². The maximum absolute atomic E-state index is 12.1. The quantitative estimate of drug-likeness (QED) is 0.906. The number of hydrogen-bond acceptors (Lipinski definition) is 3. The number of benzene rings is 1. The lowest BCUT2D eigenvalue weighted by atomic mass is 9.77. The Morgan fingerprint density at radius 3 is 2.70 bits per heavy atom. The van der Waals surface area contributed by atoms with Crippen LogP contribution in [0.1, 0.15) is 24.8 Å². The van der Waals surface area contributed by atoms with Gasteiger partial charge in [0.05, 0.1) is 12.1 Å². The van der Waals surface area contributed by atoms with Crippen molar-refractivity contribution in [1.82, 2.24) is 4.90 Å². The maximum atomic E-state index is 12.1. The van der Waals surface area contributed by atoms with Crippen LogP contribution in [0, 0.1) is 6.92 Å². The second-order valence-electron chi connectivity index (χ2n) is 5.40. The van der Waals surface area contributed by atoms with Crippen molar-refractivity contribution in [3.63, 3.8) is 0 Å². The monoisotopic (exact) mass is 298 g/mol. The molecule has 1 aliphatic rings. The Hall–Kier alpha value is -1.26. The first kappa shape index (κ1) is 16.8. The molecule has 0 unspecified atom stereocenters. The number of aryl methyl sites for hydroxylation is 1. The summed E-state index contributed by atoms with van der Waals surface area (Å²) in [6, 6.07) is 7.89. The van der Waals surface area contributed by atoms with Crippen LogP contribution >= 0.6 is 12.4 Å². The number of halogens is 1. The van der Waals surface area contributed by atoms with Gasteiger partial charge in [-0.3, -0.25) is 4.79 Å². The van der Waals surface area contributed by atoms with Crippen LogP contribution in [-0.2, 0) is 4.79 Å². The Bertz CT molecular complexity index is 461. The van der Waals surface area contributed by atoms with Crippen LogP contribution in [0.4, 0.5) is 0 Å². The Morgan fingerprint density at radius 1 is 1.45 bits per heavy atom. The molecule has 1 aliphatic carbocycles. The van der Waals surface area contributed by atoms with Crippen LogP contribution in [0.25, 0.3) is 0 Å². The number of nitrogens with zero attached hydrogens (tertiary/aromatic N) is 1. The van der Waals surface area contributed by atoms with Gasteiger partial charge in [0.15, 0.2) is 0 Å². The van der Waals surface area contributed by atoms with Crippen molar-refractivity contribution in [2.75, 3.05) is 20.2 Å². The van der Waals surface area contributed by atoms with Gasteiger partial charge in [-0.15, -0.1) is 12.4 Å². The van der Waals surface area contributed by atoms with E-state index in [2.05, 4.69) is 0 Å². The van der Waals surface area contributed by atoms with Gasteiger partial charge in [0.25, 0.3) is 0 Å². The lowest BCUT2D eigenvalue weighted by Gasteiger charge is -2.39. The molecule has 0 saturated heterocycles. The largest absolute Gasteiger partial charge is 0.492 e. The summed E-state index contributed by atoms with van der Waals surface area (Å²) in [5.41, 5.74) is 6.57. The fraction of sp³-hybridized carbons (Fsp3) is 0.533. The minimum absolute atomic E-state index is 0. The minimum atomic E-state index is -0.613. The van der Waals surface area contributed by atoms with Gasteiger partial charge in [-0.1, -0.05) is 12.1 Å². The van der Waals surface area contributed by atoms with Gasteiger partial charge >= 0.3 is 0 Å². The molecule has 0 spiro atoms. The molecule has 112 valence electrons. The molecule has 1 fully saturated rings. The molecular weight excluding hydrogens is 276 g/mol. The van der Waals surface area contributed by atoms with Crippen molar-refractivity contribution in [2.24, 2.45) is 5.73 Å². The molecular formula is C15H23ClN2O2. The van der Waals surface area contributed by atoms with E-state index < -0.39 is 5.54 Å². The molecule has 5 heteroatoms. The van der Waals surface area contributed by atoms with Gasteiger partial charge in [0, 0.05) is 7.05 Å². The first-order valence-electron chi connectivity index (χ1n) is 6.75. The summed E-state index contributed by atoms with van der Waals surface area (Å²) in [5.74, 6) is 0.874. The summed E-state index contributed by atoms with van der Waals surface area (Å²) in [5, 5.41) is 0. The predicted octanol–water partition coefficient (Wildman–Crippen LogP) is 2.14. The zero-order chi connectivity index (χ0) is 13.9. The minimum Gasteiger partial charge on any atom is -0.492 e. The number of carbonyl (C=O) groups is 1. The summed E-state index contributed by atoms with van der Waals surface area (Å²) < 4.78 is 5.64. The zero-order valence-corrected chi connectivity index (χ0v) is 12.9. The molecule has 20 heavy (non-hydrogen) atoms. The highest BCUT2D eigenvalue weighted by molar-refractivity contribution is 5.86. The predicted molar refractivity (Wildman–Crippen MR) is 82.3 cm³/mol. The molecule has 4 nitrogen and oxygen atoms in total. The van der Waals surface area contributed by atoms with E-state index in [1.165, 1.54) is 0 Å². The summed E-state index contributed by atoms with van der Waals surface area (Å²) >= 11 is 0. The molecule has 1 saturated carbocycles. The highest BCUT2D eigenvalue weighted by Gasteiger charge is 2.41. The topological polar surface area (TPSA) is 55.6 Å². The standard InChI is InChI=1S/C15H22N2O2.ClH/c1-12-5-3-6-13(11-12)19-10-9-17(2)14(18)15(16)7-4-8-15;/h3,5-6,11H,4,7-10,16H2,1-2H3;1H. The van der Waals surface area contributed by atoms with Crippen molar-refractivity contribution in [3.05, 3.63) is 29.8 Å². The van der Waals surface area contributed by atoms with E-state index in [0.717, 1.165) is 30.6 Å². The van der Waals surface area contributed by atoms with E-state index in [1.807, 2.05) is 31.2 Å². The molecule has 0 bridgehead atoms. The number of nitrogens with two attached hydrogens (primary N) is 1. The van der Waals surface area contributed by atoms with Crippen molar-refractivity contribution < 1.29 is 9.53 Å². The van der Waals surface area contributed by atoms with E-state index in [9.17, 15) is 4.79 Å². The van der Waals surface area contributed by atoms with Crippen LogP contribution in [0.15, 0.2) is 24.3 Å². The number of hydrogen-bond donors (Lipinski definition) is 1. The Morgan fingerprint density at radius 2 is 2.15 bits per heavy atom.